The third-order valence-corrected chi connectivity index (χ3v) is 7.14. The Morgan fingerprint density at radius 3 is 2.43 bits per heavy atom. The van der Waals surface area contributed by atoms with E-state index in [-0.39, 0.29) is 31.1 Å². The maximum atomic E-state index is 13.8. The molecular weight excluding hydrogens is 478 g/mol. The summed E-state index contributed by atoms with van der Waals surface area (Å²) >= 11 is 0. The zero-order chi connectivity index (χ0) is 26.0. The largest absolute Gasteiger partial charge is 0.454 e. The Morgan fingerprint density at radius 2 is 1.70 bits per heavy atom. The fourth-order valence-electron chi connectivity index (χ4n) is 5.07. The molecule has 1 N–H and O–H groups in total. The van der Waals surface area contributed by atoms with E-state index in [4.69, 9.17) is 18.9 Å². The summed E-state index contributed by atoms with van der Waals surface area (Å²) in [5, 5.41) is 2.84. The smallest absolute Gasteiger partial charge is 0.256 e. The molecule has 3 aliphatic heterocycles. The number of nitrogens with one attached hydrogen (secondary N) is 1. The van der Waals surface area contributed by atoms with Crippen LogP contribution in [-0.4, -0.2) is 86.0 Å². The van der Waals surface area contributed by atoms with E-state index >= 15 is 0 Å². The van der Waals surface area contributed by atoms with Crippen molar-refractivity contribution in [3.63, 3.8) is 0 Å². The normalized spacial score (nSPS) is 19.8. The van der Waals surface area contributed by atoms with Crippen LogP contribution in [0.25, 0.3) is 0 Å². The van der Waals surface area contributed by atoms with Gasteiger partial charge in [0, 0.05) is 50.7 Å². The minimum Gasteiger partial charge on any atom is -0.454 e. The lowest BCUT2D eigenvalue weighted by atomic mass is 9.96. The summed E-state index contributed by atoms with van der Waals surface area (Å²) in [6, 6.07) is 11.6. The molecule has 0 aliphatic carbocycles. The number of ether oxygens (including phenoxy) is 4. The van der Waals surface area contributed by atoms with E-state index in [2.05, 4.69) is 5.32 Å². The molecule has 2 fully saturated rings. The number of benzene rings is 2. The van der Waals surface area contributed by atoms with Crippen LogP contribution in [0.2, 0.25) is 0 Å². The number of methoxy groups -OCH3 is 1. The molecule has 37 heavy (non-hydrogen) atoms. The maximum Gasteiger partial charge on any atom is 0.256 e. The van der Waals surface area contributed by atoms with Gasteiger partial charge in [0.25, 0.3) is 11.8 Å². The highest BCUT2D eigenvalue weighted by molar-refractivity contribution is 5.99. The standard InChI is InChI=1S/C27H31N3O7/c1-18-3-5-19(6-4-18)26(33)30-21(24(31)28-11-14-34-2)16-37-27(30)9-12-29(13-10-27)25(32)20-7-8-22-23(15-20)36-17-35-22/h3-8,15,21H,9-14,16-17H2,1-2H3,(H,28,31)/t21-/m0/s1. The van der Waals surface area contributed by atoms with Crippen molar-refractivity contribution in [3.05, 3.63) is 59.2 Å². The molecule has 0 radical (unpaired) electrons. The molecule has 0 saturated carbocycles. The molecule has 2 aromatic rings. The van der Waals surface area contributed by atoms with Gasteiger partial charge in [0.1, 0.15) is 11.8 Å². The Kier molecular flexibility index (Phi) is 7.03. The van der Waals surface area contributed by atoms with Gasteiger partial charge in [-0.1, -0.05) is 17.7 Å². The quantitative estimate of drug-likeness (QED) is 0.594. The van der Waals surface area contributed by atoms with Crippen molar-refractivity contribution in [2.24, 2.45) is 0 Å². The lowest BCUT2D eigenvalue weighted by molar-refractivity contribution is -0.128. The molecule has 2 aromatic carbocycles. The highest BCUT2D eigenvalue weighted by Gasteiger charge is 2.54. The van der Waals surface area contributed by atoms with Crippen LogP contribution in [-0.2, 0) is 14.3 Å². The first-order valence-electron chi connectivity index (χ1n) is 12.4. The van der Waals surface area contributed by atoms with Gasteiger partial charge in [-0.2, -0.15) is 0 Å². The number of carbonyl (C=O) groups excluding carboxylic acids is 3. The highest BCUT2D eigenvalue weighted by Crippen LogP contribution is 2.39. The summed E-state index contributed by atoms with van der Waals surface area (Å²) in [6.45, 7) is 3.64. The molecule has 10 heteroatoms. The molecule has 3 amide bonds. The number of amides is 3. The van der Waals surface area contributed by atoms with Gasteiger partial charge in [-0.05, 0) is 37.3 Å². The molecule has 1 atom stereocenters. The molecule has 196 valence electrons. The summed E-state index contributed by atoms with van der Waals surface area (Å²) in [6.07, 6.45) is 0.783. The number of aryl methyl sites for hydroxylation is 1. The van der Waals surface area contributed by atoms with E-state index in [1.165, 1.54) is 0 Å². The van der Waals surface area contributed by atoms with Gasteiger partial charge in [0.15, 0.2) is 11.5 Å². The highest BCUT2D eigenvalue weighted by atomic mass is 16.7. The molecule has 1 spiro atoms. The van der Waals surface area contributed by atoms with E-state index in [0.717, 1.165) is 5.56 Å². The molecule has 3 aliphatic rings. The third kappa shape index (κ3) is 4.86. The Labute approximate surface area is 215 Å². The Morgan fingerprint density at radius 1 is 1.00 bits per heavy atom. The zero-order valence-corrected chi connectivity index (χ0v) is 21.0. The lowest BCUT2D eigenvalue weighted by Crippen LogP contribution is -2.60. The van der Waals surface area contributed by atoms with E-state index in [0.29, 0.717) is 61.7 Å². The van der Waals surface area contributed by atoms with Crippen LogP contribution in [0.3, 0.4) is 0 Å². The predicted molar refractivity (Wildman–Crippen MR) is 132 cm³/mol. The summed E-state index contributed by atoms with van der Waals surface area (Å²) in [5.41, 5.74) is 1.06. The molecule has 0 aromatic heterocycles. The molecule has 0 unspecified atom stereocenters. The second kappa shape index (κ2) is 10.4. The van der Waals surface area contributed by atoms with Crippen molar-refractivity contribution < 1.29 is 33.3 Å². The number of nitrogens with zero attached hydrogens (tertiary/aromatic N) is 2. The average molecular weight is 510 g/mol. The first kappa shape index (κ1) is 25.0. The fraction of sp³-hybridized carbons (Fsp3) is 0.444. The lowest BCUT2D eigenvalue weighted by Gasteiger charge is -2.44. The number of piperidine rings is 1. The van der Waals surface area contributed by atoms with E-state index in [1.54, 1.807) is 47.2 Å². The van der Waals surface area contributed by atoms with Gasteiger partial charge in [-0.15, -0.1) is 0 Å². The average Bonchev–Trinajstić information content (AvgIpc) is 3.53. The SMILES string of the molecule is COCCNC(=O)[C@@H]1COC2(CCN(C(=O)c3ccc4c(c3)OCO4)CC2)N1C(=O)c1ccc(C)cc1. The van der Waals surface area contributed by atoms with Crippen molar-refractivity contribution in [3.8, 4) is 11.5 Å². The van der Waals surface area contributed by atoms with E-state index in [9.17, 15) is 14.4 Å². The monoisotopic (exact) mass is 509 g/mol. The molecular formula is C27H31N3O7. The molecule has 2 saturated heterocycles. The van der Waals surface area contributed by atoms with E-state index < -0.39 is 11.8 Å². The second-order valence-electron chi connectivity index (χ2n) is 9.46. The Balaban J connectivity index is 1.34. The van der Waals surface area contributed by atoms with Crippen LogP contribution in [0, 0.1) is 6.92 Å². The minimum atomic E-state index is -0.975. The maximum absolute atomic E-state index is 13.8. The summed E-state index contributed by atoms with van der Waals surface area (Å²) in [7, 11) is 1.56. The van der Waals surface area contributed by atoms with Crippen molar-refractivity contribution in [2.75, 3.05) is 46.8 Å². The van der Waals surface area contributed by atoms with Crippen LogP contribution in [0.5, 0.6) is 11.5 Å². The number of rotatable bonds is 6. The zero-order valence-electron chi connectivity index (χ0n) is 21.0. The Hall–Kier alpha value is -3.63. The van der Waals surface area contributed by atoms with Gasteiger partial charge in [-0.25, -0.2) is 0 Å². The predicted octanol–water partition coefficient (Wildman–Crippen LogP) is 1.96. The van der Waals surface area contributed by atoms with E-state index in [1.807, 2.05) is 19.1 Å². The first-order chi connectivity index (χ1) is 17.9. The van der Waals surface area contributed by atoms with Gasteiger partial charge < -0.3 is 29.2 Å². The second-order valence-corrected chi connectivity index (χ2v) is 9.46. The Bertz CT molecular complexity index is 1180. The van der Waals surface area contributed by atoms with Crippen LogP contribution in [0.15, 0.2) is 42.5 Å². The summed E-state index contributed by atoms with van der Waals surface area (Å²) in [4.78, 5) is 43.4. The van der Waals surface area contributed by atoms with Crippen LogP contribution < -0.4 is 14.8 Å². The topological polar surface area (TPSA) is 107 Å². The van der Waals surface area contributed by atoms with Crippen LogP contribution in [0.4, 0.5) is 0 Å². The number of hydrogen-bond donors (Lipinski definition) is 1. The third-order valence-electron chi connectivity index (χ3n) is 7.14. The van der Waals surface area contributed by atoms with Gasteiger partial charge in [0.2, 0.25) is 12.7 Å². The minimum absolute atomic E-state index is 0.0898. The fourth-order valence-corrected chi connectivity index (χ4v) is 5.07. The molecule has 3 heterocycles. The van der Waals surface area contributed by atoms with Gasteiger partial charge >= 0.3 is 0 Å². The summed E-state index contributed by atoms with van der Waals surface area (Å²) < 4.78 is 22.0. The number of fused-ring (bicyclic) bond motifs is 1. The first-order valence-corrected chi connectivity index (χ1v) is 12.4. The van der Waals surface area contributed by atoms with Crippen molar-refractivity contribution in [1.29, 1.82) is 0 Å². The summed E-state index contributed by atoms with van der Waals surface area (Å²) in [5.74, 6) is 0.494. The molecule has 5 rings (SSSR count). The number of hydrogen-bond acceptors (Lipinski definition) is 7. The van der Waals surface area contributed by atoms with Crippen molar-refractivity contribution >= 4 is 17.7 Å². The van der Waals surface area contributed by atoms with Crippen LogP contribution >= 0.6 is 0 Å². The molecule has 10 nitrogen and oxygen atoms in total. The van der Waals surface area contributed by atoms with Crippen molar-refractivity contribution in [1.82, 2.24) is 15.1 Å². The van der Waals surface area contributed by atoms with Crippen molar-refractivity contribution in [2.45, 2.75) is 31.5 Å². The molecule has 0 bridgehead atoms. The number of carbonyl (C=O) groups is 3. The van der Waals surface area contributed by atoms with Gasteiger partial charge in [-0.3, -0.25) is 19.3 Å². The number of likely N-dealkylation sites (tertiary alicyclic amines) is 1. The van der Waals surface area contributed by atoms with Gasteiger partial charge in [0.05, 0.1) is 13.2 Å². The van der Waals surface area contributed by atoms with Crippen LogP contribution in [0.1, 0.15) is 39.1 Å².